The minimum atomic E-state index is -4.82. The third kappa shape index (κ3) is 4.13. The van der Waals surface area contributed by atoms with E-state index in [4.69, 9.17) is 0 Å². The Morgan fingerprint density at radius 3 is 2.28 bits per heavy atom. The summed E-state index contributed by atoms with van der Waals surface area (Å²) in [7, 11) is -2.36. The molecule has 0 radical (unpaired) electrons. The zero-order valence-electron chi connectivity index (χ0n) is 17.0. The molecule has 164 valence electrons. The van der Waals surface area contributed by atoms with E-state index in [1.165, 1.54) is 6.07 Å². The number of pyridine rings is 1. The van der Waals surface area contributed by atoms with Crippen molar-refractivity contribution >= 4 is 26.6 Å². The number of benzene rings is 2. The van der Waals surface area contributed by atoms with Gasteiger partial charge in [-0.1, -0.05) is 12.1 Å². The topological polar surface area (TPSA) is 84.8 Å². The molecule has 0 aliphatic carbocycles. The minimum absolute atomic E-state index is 0.227. The predicted octanol–water partition coefficient (Wildman–Crippen LogP) is 4.82. The maximum Gasteiger partial charge on any atom is 0.417 e. The van der Waals surface area contributed by atoms with Crippen LogP contribution in [0.5, 0.6) is 0 Å². The smallest absolute Gasteiger partial charge is 0.373 e. The lowest BCUT2D eigenvalue weighted by Gasteiger charge is -2.14. The van der Waals surface area contributed by atoms with E-state index in [9.17, 15) is 21.6 Å². The number of sulfone groups is 1. The zero-order valence-corrected chi connectivity index (χ0v) is 17.8. The van der Waals surface area contributed by atoms with Gasteiger partial charge in [-0.05, 0) is 47.5 Å². The molecular formula is C22H17F3N4O2S. The van der Waals surface area contributed by atoms with Gasteiger partial charge in [0.05, 0.1) is 16.0 Å². The number of hydrogen-bond donors (Lipinski definition) is 1. The lowest BCUT2D eigenvalue weighted by atomic mass is 10.0. The first kappa shape index (κ1) is 21.7. The van der Waals surface area contributed by atoms with Crippen LogP contribution in [0.2, 0.25) is 0 Å². The molecule has 0 saturated heterocycles. The minimum Gasteiger partial charge on any atom is -0.373 e. The van der Waals surface area contributed by atoms with Crippen molar-refractivity contribution in [3.05, 3.63) is 66.5 Å². The summed E-state index contributed by atoms with van der Waals surface area (Å²) in [6.07, 6.45) is -0.788. The molecule has 0 unspecified atom stereocenters. The maximum atomic E-state index is 13.6. The van der Waals surface area contributed by atoms with Crippen molar-refractivity contribution in [1.29, 1.82) is 0 Å². The van der Waals surface area contributed by atoms with E-state index < -0.39 is 26.5 Å². The number of hydrogen-bond acceptors (Lipinski definition) is 6. The third-order valence-corrected chi connectivity index (χ3v) is 6.02. The summed E-state index contributed by atoms with van der Waals surface area (Å²) in [5.41, 5.74) is 0.814. The molecule has 1 N–H and O–H groups in total. The summed E-state index contributed by atoms with van der Waals surface area (Å²) in [4.78, 5) is 12.4. The van der Waals surface area contributed by atoms with Crippen molar-refractivity contribution < 1.29 is 21.6 Å². The first-order chi connectivity index (χ1) is 15.1. The molecule has 0 bridgehead atoms. The Kier molecular flexibility index (Phi) is 5.33. The lowest BCUT2D eigenvalue weighted by molar-refractivity contribution is -0.139. The standard InChI is InChI=1S/C22H17F3N4O2S/c1-26-21-16-10-13(5-7-18(16)28-20(29-21)15-4-3-9-27-12-15)14-6-8-19(32(2,30)31)17(11-14)22(23,24)25/h3-12H,1-2H3,(H,26,28,29). The Balaban J connectivity index is 1.88. The molecule has 2 heterocycles. The van der Waals surface area contributed by atoms with Crippen molar-refractivity contribution in [2.45, 2.75) is 11.1 Å². The number of fused-ring (bicyclic) bond motifs is 1. The summed E-state index contributed by atoms with van der Waals surface area (Å²) in [6.45, 7) is 0. The van der Waals surface area contributed by atoms with Gasteiger partial charge in [-0.25, -0.2) is 18.4 Å². The van der Waals surface area contributed by atoms with Gasteiger partial charge >= 0.3 is 6.18 Å². The highest BCUT2D eigenvalue weighted by Gasteiger charge is 2.36. The van der Waals surface area contributed by atoms with Gasteiger partial charge in [-0.15, -0.1) is 0 Å². The molecule has 0 aliphatic rings. The van der Waals surface area contributed by atoms with Gasteiger partial charge in [0.1, 0.15) is 5.82 Å². The summed E-state index contributed by atoms with van der Waals surface area (Å²) < 4.78 is 64.3. The van der Waals surface area contributed by atoms with Gasteiger partial charge < -0.3 is 5.32 Å². The monoisotopic (exact) mass is 458 g/mol. The highest BCUT2D eigenvalue weighted by atomic mass is 32.2. The second-order valence-electron chi connectivity index (χ2n) is 7.10. The largest absolute Gasteiger partial charge is 0.417 e. The highest BCUT2D eigenvalue weighted by Crippen LogP contribution is 2.38. The van der Waals surface area contributed by atoms with Gasteiger partial charge in [0, 0.05) is 36.6 Å². The summed E-state index contributed by atoms with van der Waals surface area (Å²) in [5.74, 6) is 0.957. The van der Waals surface area contributed by atoms with Crippen LogP contribution in [0.15, 0.2) is 65.8 Å². The fraction of sp³-hybridized carbons (Fsp3) is 0.136. The molecule has 2 aromatic heterocycles. The van der Waals surface area contributed by atoms with E-state index in [-0.39, 0.29) is 5.56 Å². The Bertz CT molecular complexity index is 1420. The van der Waals surface area contributed by atoms with Crippen molar-refractivity contribution in [3.63, 3.8) is 0 Å². The van der Waals surface area contributed by atoms with Gasteiger partial charge in [0.25, 0.3) is 0 Å². The second-order valence-corrected chi connectivity index (χ2v) is 9.08. The van der Waals surface area contributed by atoms with Gasteiger partial charge in [0.2, 0.25) is 0 Å². The Hall–Kier alpha value is -3.53. The van der Waals surface area contributed by atoms with Crippen LogP contribution < -0.4 is 5.32 Å². The van der Waals surface area contributed by atoms with Crippen LogP contribution in [0.4, 0.5) is 19.0 Å². The number of nitrogens with one attached hydrogen (secondary N) is 1. The Morgan fingerprint density at radius 2 is 1.66 bits per heavy atom. The quantitative estimate of drug-likeness (QED) is 0.472. The van der Waals surface area contributed by atoms with Gasteiger partial charge in [0.15, 0.2) is 15.7 Å². The number of halogens is 3. The average molecular weight is 458 g/mol. The van der Waals surface area contributed by atoms with Gasteiger partial charge in [-0.2, -0.15) is 13.2 Å². The van der Waals surface area contributed by atoms with Crippen molar-refractivity contribution in [2.24, 2.45) is 0 Å². The molecule has 0 saturated carbocycles. The van der Waals surface area contributed by atoms with E-state index in [0.29, 0.717) is 28.1 Å². The van der Waals surface area contributed by atoms with Crippen LogP contribution in [-0.2, 0) is 16.0 Å². The SMILES string of the molecule is CNc1nc(-c2cccnc2)nc2ccc(-c3ccc(S(C)(=O)=O)c(C(F)(F)F)c3)cc12. The molecule has 10 heteroatoms. The lowest BCUT2D eigenvalue weighted by Crippen LogP contribution is -2.12. The molecular weight excluding hydrogens is 441 g/mol. The van der Waals surface area contributed by atoms with Crippen LogP contribution in [0.3, 0.4) is 0 Å². The zero-order chi connectivity index (χ0) is 23.1. The second kappa shape index (κ2) is 7.86. The molecule has 4 rings (SSSR count). The first-order valence-electron chi connectivity index (χ1n) is 9.39. The van der Waals surface area contributed by atoms with E-state index >= 15 is 0 Å². The van der Waals surface area contributed by atoms with Crippen LogP contribution in [0.1, 0.15) is 5.56 Å². The van der Waals surface area contributed by atoms with Crippen LogP contribution in [0, 0.1) is 0 Å². The Morgan fingerprint density at radius 1 is 0.938 bits per heavy atom. The van der Waals surface area contributed by atoms with E-state index in [1.54, 1.807) is 43.7 Å². The van der Waals surface area contributed by atoms with Crippen molar-refractivity contribution in [1.82, 2.24) is 15.0 Å². The summed E-state index contributed by atoms with van der Waals surface area (Å²) in [5, 5.41) is 3.60. The fourth-order valence-electron chi connectivity index (χ4n) is 3.38. The normalized spacial score (nSPS) is 12.2. The summed E-state index contributed by atoms with van der Waals surface area (Å²) in [6, 6.07) is 11.8. The molecule has 4 aromatic rings. The molecule has 0 amide bonds. The summed E-state index contributed by atoms with van der Waals surface area (Å²) >= 11 is 0. The number of alkyl halides is 3. The van der Waals surface area contributed by atoms with Gasteiger partial charge in [-0.3, -0.25) is 4.98 Å². The molecule has 0 aliphatic heterocycles. The van der Waals surface area contributed by atoms with E-state index in [0.717, 1.165) is 24.0 Å². The molecule has 32 heavy (non-hydrogen) atoms. The first-order valence-corrected chi connectivity index (χ1v) is 11.3. The van der Waals surface area contributed by atoms with E-state index in [2.05, 4.69) is 20.3 Å². The molecule has 6 nitrogen and oxygen atoms in total. The van der Waals surface area contributed by atoms with E-state index in [1.807, 2.05) is 6.07 Å². The number of nitrogens with zero attached hydrogens (tertiary/aromatic N) is 3. The molecule has 0 atom stereocenters. The van der Waals surface area contributed by atoms with Crippen LogP contribution in [0.25, 0.3) is 33.4 Å². The molecule has 0 spiro atoms. The van der Waals surface area contributed by atoms with Crippen molar-refractivity contribution in [3.8, 4) is 22.5 Å². The number of anilines is 1. The maximum absolute atomic E-state index is 13.6. The number of rotatable bonds is 4. The predicted molar refractivity (Wildman–Crippen MR) is 116 cm³/mol. The average Bonchev–Trinajstić information content (AvgIpc) is 2.77. The van der Waals surface area contributed by atoms with Crippen LogP contribution >= 0.6 is 0 Å². The van der Waals surface area contributed by atoms with Crippen LogP contribution in [-0.4, -0.2) is 36.7 Å². The fourth-order valence-corrected chi connectivity index (χ4v) is 4.27. The number of aromatic nitrogens is 3. The highest BCUT2D eigenvalue weighted by molar-refractivity contribution is 7.90. The third-order valence-electron chi connectivity index (χ3n) is 4.87. The Labute approximate surface area is 182 Å². The molecule has 0 fully saturated rings. The van der Waals surface area contributed by atoms with Crippen molar-refractivity contribution in [2.75, 3.05) is 18.6 Å². The molecule has 2 aromatic carbocycles.